The highest BCUT2D eigenvalue weighted by Gasteiger charge is 2.33. The molecule has 1 aromatic carbocycles. The third kappa shape index (κ3) is 3.19. The number of ether oxygens (including phenoxy) is 1. The van der Waals surface area contributed by atoms with Crippen LogP contribution in [0.15, 0.2) is 18.2 Å². The van der Waals surface area contributed by atoms with Crippen LogP contribution in [0.1, 0.15) is 10.4 Å². The van der Waals surface area contributed by atoms with Gasteiger partial charge in [-0.05, 0) is 12.1 Å². The van der Waals surface area contributed by atoms with E-state index in [1.807, 2.05) is 0 Å². The number of ketones is 1. The number of alkyl halides is 4. The average molecular weight is 301 g/mol. The van der Waals surface area contributed by atoms with Crippen LogP contribution in [0.4, 0.5) is 17.6 Å². The van der Waals surface area contributed by atoms with Crippen LogP contribution in [0.3, 0.4) is 0 Å². The Bertz CT molecular complexity index is 403. The lowest BCUT2D eigenvalue weighted by molar-refractivity contribution is -0.274. The van der Waals surface area contributed by atoms with Crippen molar-refractivity contribution in [2.45, 2.75) is 6.36 Å². The Labute approximate surface area is 96.3 Å². The topological polar surface area (TPSA) is 26.3 Å². The first kappa shape index (κ1) is 13.0. The number of benzene rings is 1. The molecule has 0 aliphatic heterocycles. The minimum Gasteiger partial charge on any atom is -0.405 e. The molecule has 0 aliphatic carbocycles. The third-order valence-corrected chi connectivity index (χ3v) is 2.11. The molecule has 0 heterocycles. The highest BCUT2D eigenvalue weighted by molar-refractivity contribution is 9.09. The van der Waals surface area contributed by atoms with Crippen molar-refractivity contribution in [3.63, 3.8) is 0 Å². The summed E-state index contributed by atoms with van der Waals surface area (Å²) < 4.78 is 52.6. The lowest BCUT2D eigenvalue weighted by atomic mass is 10.1. The van der Waals surface area contributed by atoms with Gasteiger partial charge in [0.1, 0.15) is 11.6 Å². The van der Waals surface area contributed by atoms with Gasteiger partial charge in [-0.1, -0.05) is 22.0 Å². The number of hydrogen-bond donors (Lipinski definition) is 0. The first-order valence-corrected chi connectivity index (χ1v) is 5.10. The van der Waals surface area contributed by atoms with Gasteiger partial charge < -0.3 is 4.74 Å². The van der Waals surface area contributed by atoms with E-state index in [-0.39, 0.29) is 5.33 Å². The van der Waals surface area contributed by atoms with Gasteiger partial charge in [-0.2, -0.15) is 0 Å². The average Bonchev–Trinajstić information content (AvgIpc) is 2.14. The number of hydrogen-bond acceptors (Lipinski definition) is 2. The van der Waals surface area contributed by atoms with Crippen LogP contribution in [0.2, 0.25) is 0 Å². The van der Waals surface area contributed by atoms with E-state index in [1.54, 1.807) is 0 Å². The fraction of sp³-hybridized carbons (Fsp3) is 0.222. The molecule has 0 aromatic heterocycles. The van der Waals surface area contributed by atoms with Crippen LogP contribution in [0, 0.1) is 5.82 Å². The van der Waals surface area contributed by atoms with Gasteiger partial charge in [-0.15, -0.1) is 13.2 Å². The predicted octanol–water partition coefficient (Wildman–Crippen LogP) is 3.30. The Hall–Kier alpha value is -1.11. The quantitative estimate of drug-likeness (QED) is 0.486. The van der Waals surface area contributed by atoms with Crippen LogP contribution < -0.4 is 4.74 Å². The van der Waals surface area contributed by atoms with Crippen LogP contribution in [0.5, 0.6) is 5.75 Å². The summed E-state index contributed by atoms with van der Waals surface area (Å²) in [6, 6.07) is 2.80. The second kappa shape index (κ2) is 4.82. The molecule has 0 amide bonds. The van der Waals surface area contributed by atoms with Crippen molar-refractivity contribution in [1.82, 2.24) is 0 Å². The third-order valence-electron chi connectivity index (χ3n) is 1.60. The summed E-state index contributed by atoms with van der Waals surface area (Å²) in [5.41, 5.74) is -0.711. The Balaban J connectivity index is 3.18. The second-order valence-electron chi connectivity index (χ2n) is 2.72. The van der Waals surface area contributed by atoms with Crippen molar-refractivity contribution >= 4 is 21.7 Å². The van der Waals surface area contributed by atoms with E-state index in [2.05, 4.69) is 20.7 Å². The maximum absolute atomic E-state index is 13.2. The zero-order chi connectivity index (χ0) is 12.3. The summed E-state index contributed by atoms with van der Waals surface area (Å²) in [7, 11) is 0. The number of halogens is 5. The fourth-order valence-corrected chi connectivity index (χ4v) is 1.33. The largest absolute Gasteiger partial charge is 0.573 e. The summed E-state index contributed by atoms with van der Waals surface area (Å²) in [5, 5.41) is -0.290. The van der Waals surface area contributed by atoms with E-state index < -0.39 is 29.3 Å². The molecule has 0 spiro atoms. The molecule has 0 aliphatic rings. The van der Waals surface area contributed by atoms with Crippen molar-refractivity contribution in [3.8, 4) is 5.75 Å². The molecule has 88 valence electrons. The molecule has 0 radical (unpaired) electrons. The molecule has 0 saturated carbocycles. The normalized spacial score (nSPS) is 11.3. The highest BCUT2D eigenvalue weighted by atomic mass is 79.9. The molecule has 0 unspecified atom stereocenters. The van der Waals surface area contributed by atoms with Crippen LogP contribution in [-0.4, -0.2) is 17.5 Å². The summed E-state index contributed by atoms with van der Waals surface area (Å²) >= 11 is 2.75. The first-order valence-electron chi connectivity index (χ1n) is 3.98. The van der Waals surface area contributed by atoms with E-state index >= 15 is 0 Å². The molecular formula is C9H5BrF4O2. The minimum absolute atomic E-state index is 0.290. The van der Waals surface area contributed by atoms with Gasteiger partial charge in [0.15, 0.2) is 5.78 Å². The van der Waals surface area contributed by atoms with Gasteiger partial charge in [-0.25, -0.2) is 4.39 Å². The number of carbonyl (C=O) groups excluding carboxylic acids is 1. The molecule has 0 N–H and O–H groups in total. The summed E-state index contributed by atoms with van der Waals surface area (Å²) in [5.74, 6) is -2.71. The van der Waals surface area contributed by atoms with E-state index in [1.165, 1.54) is 0 Å². The summed E-state index contributed by atoms with van der Waals surface area (Å²) in [4.78, 5) is 11.2. The zero-order valence-electron chi connectivity index (χ0n) is 7.65. The highest BCUT2D eigenvalue weighted by Crippen LogP contribution is 2.28. The van der Waals surface area contributed by atoms with E-state index in [4.69, 9.17) is 0 Å². The fourth-order valence-electron chi connectivity index (χ4n) is 1.05. The van der Waals surface area contributed by atoms with Crippen molar-refractivity contribution in [2.24, 2.45) is 0 Å². The van der Waals surface area contributed by atoms with Gasteiger partial charge in [0.2, 0.25) is 0 Å². The Morgan fingerprint density at radius 2 is 2.00 bits per heavy atom. The second-order valence-corrected chi connectivity index (χ2v) is 3.28. The first-order chi connectivity index (χ1) is 7.35. The number of rotatable bonds is 3. The monoisotopic (exact) mass is 300 g/mol. The molecular weight excluding hydrogens is 296 g/mol. The van der Waals surface area contributed by atoms with Gasteiger partial charge >= 0.3 is 6.36 Å². The lowest BCUT2D eigenvalue weighted by Gasteiger charge is -2.12. The van der Waals surface area contributed by atoms with Crippen molar-refractivity contribution in [1.29, 1.82) is 0 Å². The van der Waals surface area contributed by atoms with E-state index in [0.29, 0.717) is 0 Å². The van der Waals surface area contributed by atoms with Crippen LogP contribution in [0.25, 0.3) is 0 Å². The summed E-state index contributed by atoms with van der Waals surface area (Å²) in [6.45, 7) is 0. The molecule has 16 heavy (non-hydrogen) atoms. The molecule has 0 saturated heterocycles. The molecule has 0 fully saturated rings. The minimum atomic E-state index is -4.96. The maximum atomic E-state index is 13.2. The van der Waals surface area contributed by atoms with E-state index in [9.17, 15) is 22.4 Å². The Morgan fingerprint density at radius 3 is 2.50 bits per heavy atom. The molecule has 0 bridgehead atoms. The number of Topliss-reactive ketones (excluding diaryl/α,β-unsaturated/α-hetero) is 1. The lowest BCUT2D eigenvalue weighted by Crippen LogP contribution is -2.19. The zero-order valence-corrected chi connectivity index (χ0v) is 9.23. The summed E-state index contributed by atoms with van der Waals surface area (Å²) in [6.07, 6.45) is -4.96. The van der Waals surface area contributed by atoms with Crippen LogP contribution in [-0.2, 0) is 0 Å². The van der Waals surface area contributed by atoms with Gasteiger partial charge in [0, 0.05) is 0 Å². The molecule has 2 nitrogen and oxygen atoms in total. The molecule has 1 rings (SSSR count). The molecule has 1 aromatic rings. The van der Waals surface area contributed by atoms with E-state index in [0.717, 1.165) is 18.2 Å². The SMILES string of the molecule is O=C(CBr)c1c(F)cccc1OC(F)(F)F. The molecule has 7 heteroatoms. The standard InChI is InChI=1S/C9H5BrF4O2/c10-4-6(15)8-5(11)2-1-3-7(8)16-9(12,13)14/h1-3H,4H2. The Kier molecular flexibility index (Phi) is 3.90. The van der Waals surface area contributed by atoms with Gasteiger partial charge in [0.25, 0.3) is 0 Å². The van der Waals surface area contributed by atoms with Gasteiger partial charge in [0.05, 0.1) is 10.9 Å². The smallest absolute Gasteiger partial charge is 0.405 e. The van der Waals surface area contributed by atoms with Crippen molar-refractivity contribution in [2.75, 3.05) is 5.33 Å². The van der Waals surface area contributed by atoms with Crippen molar-refractivity contribution < 1.29 is 27.1 Å². The van der Waals surface area contributed by atoms with Crippen molar-refractivity contribution in [3.05, 3.63) is 29.6 Å². The maximum Gasteiger partial charge on any atom is 0.573 e. The number of carbonyl (C=O) groups is 1. The predicted molar refractivity (Wildman–Crippen MR) is 51.2 cm³/mol. The molecule has 0 atom stereocenters. The van der Waals surface area contributed by atoms with Gasteiger partial charge in [-0.3, -0.25) is 4.79 Å². The Morgan fingerprint density at radius 1 is 1.38 bits per heavy atom. The van der Waals surface area contributed by atoms with Crippen LogP contribution >= 0.6 is 15.9 Å².